The first-order valence-electron chi connectivity index (χ1n) is 5.54. The second kappa shape index (κ2) is 6.58. The van der Waals surface area contributed by atoms with Gasteiger partial charge in [-0.25, -0.2) is 18.7 Å². The van der Waals surface area contributed by atoms with Gasteiger partial charge in [-0.15, -0.1) is 11.6 Å². The summed E-state index contributed by atoms with van der Waals surface area (Å²) in [7, 11) is 0. The third-order valence-electron chi connectivity index (χ3n) is 2.45. The molecule has 19 heavy (non-hydrogen) atoms. The van der Waals surface area contributed by atoms with Crippen LogP contribution in [0.15, 0.2) is 16.7 Å². The summed E-state index contributed by atoms with van der Waals surface area (Å²) in [6, 6.07) is 1.83. The number of hydrogen-bond donors (Lipinski definition) is 0. The molecule has 0 atom stereocenters. The van der Waals surface area contributed by atoms with E-state index in [9.17, 15) is 8.78 Å². The normalized spacial score (nSPS) is 11.6. The lowest BCUT2D eigenvalue weighted by molar-refractivity contribution is 0.0148. The lowest BCUT2D eigenvalue weighted by Gasteiger charge is -2.07. The van der Waals surface area contributed by atoms with Crippen molar-refractivity contribution >= 4 is 38.7 Å². The number of halogens is 4. The summed E-state index contributed by atoms with van der Waals surface area (Å²) in [5, 5.41) is 0. The van der Waals surface area contributed by atoms with Crippen LogP contribution in [-0.4, -0.2) is 34.2 Å². The summed E-state index contributed by atoms with van der Waals surface area (Å²) in [5.41, 5.74) is 1.37. The first-order valence-corrected chi connectivity index (χ1v) is 6.87. The Kier molecular flexibility index (Phi) is 5.06. The van der Waals surface area contributed by atoms with E-state index < -0.39 is 13.0 Å². The van der Waals surface area contributed by atoms with Gasteiger partial charge in [0, 0.05) is 17.2 Å². The number of pyridine rings is 1. The Labute approximate surface area is 121 Å². The summed E-state index contributed by atoms with van der Waals surface area (Å²) in [6.45, 7) is -0.0147. The number of hydrogen-bond acceptors (Lipinski definition) is 3. The monoisotopic (exact) mass is 353 g/mol. The van der Waals surface area contributed by atoms with Crippen LogP contribution in [0.1, 0.15) is 5.82 Å². The second-order valence-electron chi connectivity index (χ2n) is 3.78. The number of nitrogens with zero attached hydrogens (tertiary/aromatic N) is 3. The predicted molar refractivity (Wildman–Crippen MR) is 71.6 cm³/mol. The number of rotatable bonds is 6. The molecule has 0 fully saturated rings. The molecule has 0 N–H and O–H groups in total. The Morgan fingerprint density at radius 2 is 2.26 bits per heavy atom. The highest BCUT2D eigenvalue weighted by molar-refractivity contribution is 9.10. The molecule has 0 unspecified atom stereocenters. The van der Waals surface area contributed by atoms with Gasteiger partial charge in [-0.2, -0.15) is 0 Å². The number of fused-ring (bicyclic) bond motifs is 1. The molecule has 0 aliphatic heterocycles. The lowest BCUT2D eigenvalue weighted by atomic mass is 10.4. The maximum absolute atomic E-state index is 12.0. The molecule has 0 amide bonds. The van der Waals surface area contributed by atoms with Crippen LogP contribution < -0.4 is 0 Å². The highest BCUT2D eigenvalue weighted by Gasteiger charge is 2.11. The van der Waals surface area contributed by atoms with Gasteiger partial charge < -0.3 is 9.30 Å². The molecule has 0 spiro atoms. The van der Waals surface area contributed by atoms with Crippen LogP contribution >= 0.6 is 27.5 Å². The van der Waals surface area contributed by atoms with Gasteiger partial charge in [-0.3, -0.25) is 0 Å². The molecule has 0 aliphatic rings. The summed E-state index contributed by atoms with van der Waals surface area (Å²) < 4.78 is 31.4. The van der Waals surface area contributed by atoms with Crippen molar-refractivity contribution in [2.75, 3.05) is 13.2 Å². The fourth-order valence-corrected chi connectivity index (χ4v) is 2.22. The minimum Gasteiger partial charge on any atom is -0.374 e. The van der Waals surface area contributed by atoms with Gasteiger partial charge >= 0.3 is 0 Å². The zero-order valence-corrected chi connectivity index (χ0v) is 12.2. The van der Waals surface area contributed by atoms with Crippen LogP contribution in [0.2, 0.25) is 0 Å². The Hall–Kier alpha value is -0.790. The van der Waals surface area contributed by atoms with Crippen molar-refractivity contribution in [1.82, 2.24) is 14.5 Å². The Morgan fingerprint density at radius 3 is 2.95 bits per heavy atom. The van der Waals surface area contributed by atoms with Gasteiger partial charge in [0.05, 0.1) is 12.5 Å². The van der Waals surface area contributed by atoms with Crippen LogP contribution in [0.4, 0.5) is 8.78 Å². The Bertz CT molecular complexity index is 564. The molecule has 0 radical (unpaired) electrons. The third kappa shape index (κ3) is 3.61. The number of imidazole rings is 1. The van der Waals surface area contributed by atoms with Crippen molar-refractivity contribution in [1.29, 1.82) is 0 Å². The second-order valence-corrected chi connectivity index (χ2v) is 4.96. The van der Waals surface area contributed by atoms with E-state index in [0.717, 1.165) is 4.47 Å². The highest BCUT2D eigenvalue weighted by Crippen LogP contribution is 2.19. The Morgan fingerprint density at radius 1 is 1.47 bits per heavy atom. The molecule has 2 aromatic rings. The van der Waals surface area contributed by atoms with Crippen molar-refractivity contribution in [3.63, 3.8) is 0 Å². The van der Waals surface area contributed by atoms with E-state index in [1.165, 1.54) is 0 Å². The molecule has 0 saturated carbocycles. The van der Waals surface area contributed by atoms with E-state index in [2.05, 4.69) is 25.9 Å². The molecule has 2 aromatic heterocycles. The van der Waals surface area contributed by atoms with E-state index in [1.807, 2.05) is 6.07 Å². The summed E-state index contributed by atoms with van der Waals surface area (Å²) in [5.74, 6) is 0.867. The van der Waals surface area contributed by atoms with Crippen molar-refractivity contribution in [3.8, 4) is 0 Å². The van der Waals surface area contributed by atoms with Gasteiger partial charge in [0.2, 0.25) is 0 Å². The zero-order chi connectivity index (χ0) is 13.8. The predicted octanol–water partition coefficient (Wildman–Crippen LogP) is 3.21. The Balaban J connectivity index is 2.16. The van der Waals surface area contributed by atoms with Gasteiger partial charge in [0.25, 0.3) is 6.43 Å². The maximum Gasteiger partial charge on any atom is 0.261 e. The SMILES string of the molecule is FC(F)COCCn1c(CCl)nc2cc(Br)cnc21. The highest BCUT2D eigenvalue weighted by atomic mass is 79.9. The van der Waals surface area contributed by atoms with Crippen molar-refractivity contribution in [3.05, 3.63) is 22.6 Å². The van der Waals surface area contributed by atoms with Crippen LogP contribution in [0, 0.1) is 0 Å². The average Bonchev–Trinajstić information content (AvgIpc) is 2.71. The van der Waals surface area contributed by atoms with E-state index in [-0.39, 0.29) is 12.5 Å². The van der Waals surface area contributed by atoms with Crippen molar-refractivity contribution in [2.24, 2.45) is 0 Å². The smallest absolute Gasteiger partial charge is 0.261 e. The molecular weight excluding hydrogens is 343 g/mol. The fourth-order valence-electron chi connectivity index (χ4n) is 1.70. The van der Waals surface area contributed by atoms with Crippen LogP contribution in [0.5, 0.6) is 0 Å². The van der Waals surface area contributed by atoms with Crippen LogP contribution in [0.3, 0.4) is 0 Å². The van der Waals surface area contributed by atoms with Crippen LogP contribution in [0.25, 0.3) is 11.2 Å². The topological polar surface area (TPSA) is 39.9 Å². The molecular formula is C11H11BrClF2N3O. The first kappa shape index (κ1) is 14.6. The van der Waals surface area contributed by atoms with Gasteiger partial charge in [0.1, 0.15) is 17.9 Å². The van der Waals surface area contributed by atoms with E-state index in [0.29, 0.717) is 23.5 Å². The largest absolute Gasteiger partial charge is 0.374 e. The van der Waals surface area contributed by atoms with E-state index >= 15 is 0 Å². The van der Waals surface area contributed by atoms with Gasteiger partial charge in [-0.05, 0) is 22.0 Å². The van der Waals surface area contributed by atoms with Gasteiger partial charge in [-0.1, -0.05) is 0 Å². The molecule has 4 nitrogen and oxygen atoms in total. The number of ether oxygens (including phenoxy) is 1. The van der Waals surface area contributed by atoms with Crippen LogP contribution in [-0.2, 0) is 17.2 Å². The molecule has 0 bridgehead atoms. The standard InChI is InChI=1S/C11H11BrClF2N3O/c12-7-3-8-11(16-5-7)18(10(4-13)17-8)1-2-19-6-9(14)15/h3,5,9H,1-2,4,6H2. The number of aromatic nitrogens is 3. The molecule has 2 heterocycles. The molecule has 0 aromatic carbocycles. The average molecular weight is 355 g/mol. The minimum absolute atomic E-state index is 0.164. The summed E-state index contributed by atoms with van der Waals surface area (Å²) in [6.07, 6.45) is -0.806. The maximum atomic E-state index is 12.0. The van der Waals surface area contributed by atoms with Gasteiger partial charge in [0.15, 0.2) is 5.65 Å². The quantitative estimate of drug-likeness (QED) is 0.591. The summed E-state index contributed by atoms with van der Waals surface area (Å²) in [4.78, 5) is 8.60. The first-order chi connectivity index (χ1) is 9.11. The van der Waals surface area contributed by atoms with E-state index in [4.69, 9.17) is 16.3 Å². The molecule has 2 rings (SSSR count). The lowest BCUT2D eigenvalue weighted by Crippen LogP contribution is -2.12. The van der Waals surface area contributed by atoms with E-state index in [1.54, 1.807) is 10.8 Å². The van der Waals surface area contributed by atoms with Crippen molar-refractivity contribution in [2.45, 2.75) is 18.9 Å². The summed E-state index contributed by atoms with van der Waals surface area (Å²) >= 11 is 9.14. The number of alkyl halides is 3. The fraction of sp³-hybridized carbons (Fsp3) is 0.455. The molecule has 104 valence electrons. The third-order valence-corrected chi connectivity index (χ3v) is 3.13. The zero-order valence-electron chi connectivity index (χ0n) is 9.82. The molecule has 8 heteroatoms. The minimum atomic E-state index is -2.46. The molecule has 0 saturated heterocycles. The molecule has 0 aliphatic carbocycles. The van der Waals surface area contributed by atoms with Crippen molar-refractivity contribution < 1.29 is 13.5 Å².